The SMILES string of the molecule is c1ccc(-c2cc3c(N4CCC[C@H]4c4nnc5n4CCCCC5)ncnc3s2)cc1. The smallest absolute Gasteiger partial charge is 0.155 e. The van der Waals surface area contributed by atoms with Gasteiger partial charge in [-0.15, -0.1) is 21.5 Å². The van der Waals surface area contributed by atoms with Gasteiger partial charge in [-0.05, 0) is 37.3 Å². The Morgan fingerprint density at radius 2 is 1.87 bits per heavy atom. The number of benzene rings is 1. The zero-order valence-electron chi connectivity index (χ0n) is 16.9. The zero-order chi connectivity index (χ0) is 19.9. The van der Waals surface area contributed by atoms with E-state index in [4.69, 9.17) is 4.98 Å². The fourth-order valence-corrected chi connectivity index (χ4v) is 5.86. The summed E-state index contributed by atoms with van der Waals surface area (Å²) in [7, 11) is 0. The molecule has 0 bridgehead atoms. The van der Waals surface area contributed by atoms with E-state index in [0.29, 0.717) is 0 Å². The second-order valence-electron chi connectivity index (χ2n) is 8.18. The Bertz CT molecular complexity index is 1180. The average Bonchev–Trinajstić information content (AvgIpc) is 3.49. The maximum absolute atomic E-state index is 4.75. The topological polar surface area (TPSA) is 59.7 Å². The van der Waals surface area contributed by atoms with Crippen molar-refractivity contribution < 1.29 is 0 Å². The molecule has 152 valence electrons. The van der Waals surface area contributed by atoms with Gasteiger partial charge in [-0.3, -0.25) is 0 Å². The van der Waals surface area contributed by atoms with Crippen molar-refractivity contribution in [2.75, 3.05) is 11.4 Å². The van der Waals surface area contributed by atoms with Gasteiger partial charge in [0.15, 0.2) is 5.82 Å². The summed E-state index contributed by atoms with van der Waals surface area (Å²) in [6, 6.07) is 13.0. The molecule has 0 N–H and O–H groups in total. The average molecular weight is 417 g/mol. The van der Waals surface area contributed by atoms with E-state index in [0.717, 1.165) is 60.0 Å². The van der Waals surface area contributed by atoms with Crippen LogP contribution in [0, 0.1) is 0 Å². The minimum Gasteiger partial charge on any atom is -0.346 e. The van der Waals surface area contributed by atoms with E-state index in [1.54, 1.807) is 17.7 Å². The summed E-state index contributed by atoms with van der Waals surface area (Å²) >= 11 is 1.74. The van der Waals surface area contributed by atoms with Gasteiger partial charge in [-0.2, -0.15) is 0 Å². The van der Waals surface area contributed by atoms with Crippen molar-refractivity contribution >= 4 is 27.4 Å². The third kappa shape index (κ3) is 2.99. The first-order valence-corrected chi connectivity index (χ1v) is 11.7. The highest BCUT2D eigenvalue weighted by molar-refractivity contribution is 7.21. The Kier molecular flexibility index (Phi) is 4.48. The number of hydrogen-bond acceptors (Lipinski definition) is 6. The highest BCUT2D eigenvalue weighted by Gasteiger charge is 2.33. The number of hydrogen-bond donors (Lipinski definition) is 0. The van der Waals surface area contributed by atoms with Gasteiger partial charge in [0.05, 0.1) is 11.4 Å². The predicted octanol–water partition coefficient (Wildman–Crippen LogP) is 5.02. The fraction of sp³-hybridized carbons (Fsp3) is 0.391. The van der Waals surface area contributed by atoms with Crippen molar-refractivity contribution in [3.63, 3.8) is 0 Å². The van der Waals surface area contributed by atoms with E-state index in [2.05, 4.69) is 61.0 Å². The van der Waals surface area contributed by atoms with Gasteiger partial charge in [-0.25, -0.2) is 9.97 Å². The Morgan fingerprint density at radius 1 is 0.933 bits per heavy atom. The lowest BCUT2D eigenvalue weighted by Crippen LogP contribution is -2.26. The van der Waals surface area contributed by atoms with Crippen molar-refractivity contribution in [2.45, 2.75) is 51.1 Å². The molecular weight excluding hydrogens is 392 g/mol. The van der Waals surface area contributed by atoms with E-state index in [1.807, 2.05) is 0 Å². The zero-order valence-corrected chi connectivity index (χ0v) is 17.7. The van der Waals surface area contributed by atoms with Crippen LogP contribution >= 0.6 is 11.3 Å². The fourth-order valence-electron chi connectivity index (χ4n) is 4.86. The van der Waals surface area contributed by atoms with Crippen LogP contribution in [0.2, 0.25) is 0 Å². The first-order chi connectivity index (χ1) is 14.9. The highest BCUT2D eigenvalue weighted by Crippen LogP contribution is 2.41. The second kappa shape index (κ2) is 7.47. The standard InChI is InChI=1S/C23H24N6S/c1-3-8-16(9-4-1)19-14-17-21(24-15-25-23(17)30-19)28-13-7-10-18(28)22-27-26-20-11-5-2-6-12-29(20)22/h1,3-4,8-9,14-15,18H,2,5-7,10-13H2/t18-/m0/s1. The van der Waals surface area contributed by atoms with E-state index in [1.165, 1.54) is 29.7 Å². The number of aromatic nitrogens is 5. The summed E-state index contributed by atoms with van der Waals surface area (Å²) in [5, 5.41) is 10.4. The minimum absolute atomic E-state index is 0.238. The number of nitrogens with zero attached hydrogens (tertiary/aromatic N) is 6. The summed E-state index contributed by atoms with van der Waals surface area (Å²) in [5.74, 6) is 3.31. The van der Waals surface area contributed by atoms with Crippen molar-refractivity contribution in [2.24, 2.45) is 0 Å². The number of anilines is 1. The van der Waals surface area contributed by atoms with Gasteiger partial charge < -0.3 is 9.47 Å². The molecule has 0 radical (unpaired) electrons. The number of aryl methyl sites for hydroxylation is 1. The van der Waals surface area contributed by atoms with Crippen LogP contribution in [-0.2, 0) is 13.0 Å². The molecule has 6 rings (SSSR count). The van der Waals surface area contributed by atoms with Crippen molar-refractivity contribution in [1.82, 2.24) is 24.7 Å². The lowest BCUT2D eigenvalue weighted by atomic mass is 10.1. The van der Waals surface area contributed by atoms with Crippen molar-refractivity contribution in [3.8, 4) is 10.4 Å². The summed E-state index contributed by atoms with van der Waals surface area (Å²) in [6.45, 7) is 2.04. The van der Waals surface area contributed by atoms with Crippen LogP contribution in [0.4, 0.5) is 5.82 Å². The van der Waals surface area contributed by atoms with Gasteiger partial charge in [0.1, 0.15) is 22.8 Å². The summed E-state index contributed by atoms with van der Waals surface area (Å²) in [5.41, 5.74) is 1.23. The lowest BCUT2D eigenvalue weighted by Gasteiger charge is -2.26. The van der Waals surface area contributed by atoms with Crippen LogP contribution in [0.15, 0.2) is 42.7 Å². The van der Waals surface area contributed by atoms with E-state index >= 15 is 0 Å². The lowest BCUT2D eigenvalue weighted by molar-refractivity contribution is 0.558. The Labute approximate surface area is 179 Å². The molecule has 30 heavy (non-hydrogen) atoms. The van der Waals surface area contributed by atoms with E-state index in [9.17, 15) is 0 Å². The molecule has 3 aromatic heterocycles. The number of rotatable bonds is 3. The monoisotopic (exact) mass is 416 g/mol. The summed E-state index contributed by atoms with van der Waals surface area (Å²) < 4.78 is 2.39. The first kappa shape index (κ1) is 18.0. The van der Waals surface area contributed by atoms with Gasteiger partial charge in [-0.1, -0.05) is 36.8 Å². The molecule has 5 heterocycles. The number of fused-ring (bicyclic) bond motifs is 2. The Hall–Kier alpha value is -2.80. The summed E-state index contributed by atoms with van der Waals surface area (Å²) in [6.07, 6.45) is 8.71. The molecule has 1 saturated heterocycles. The van der Waals surface area contributed by atoms with Crippen molar-refractivity contribution in [3.05, 3.63) is 54.4 Å². The molecule has 2 aliphatic heterocycles. The normalized spacial score (nSPS) is 19.2. The van der Waals surface area contributed by atoms with Gasteiger partial charge >= 0.3 is 0 Å². The van der Waals surface area contributed by atoms with Gasteiger partial charge in [0.25, 0.3) is 0 Å². The summed E-state index contributed by atoms with van der Waals surface area (Å²) in [4.78, 5) is 14.0. The third-order valence-corrected chi connectivity index (χ3v) is 7.42. The Morgan fingerprint density at radius 3 is 2.80 bits per heavy atom. The van der Waals surface area contributed by atoms with Crippen LogP contribution in [0.3, 0.4) is 0 Å². The first-order valence-electron chi connectivity index (χ1n) is 10.9. The van der Waals surface area contributed by atoms with Crippen LogP contribution in [0.1, 0.15) is 49.8 Å². The van der Waals surface area contributed by atoms with Crippen molar-refractivity contribution in [1.29, 1.82) is 0 Å². The van der Waals surface area contributed by atoms with Crippen LogP contribution in [-0.4, -0.2) is 31.3 Å². The molecule has 1 aromatic carbocycles. The maximum atomic E-state index is 4.75. The van der Waals surface area contributed by atoms with Crippen LogP contribution < -0.4 is 4.90 Å². The molecule has 0 amide bonds. The molecule has 0 spiro atoms. The minimum atomic E-state index is 0.238. The molecule has 2 aliphatic rings. The molecule has 4 aromatic rings. The molecular formula is C23H24N6S. The van der Waals surface area contributed by atoms with Crippen LogP contribution in [0.5, 0.6) is 0 Å². The van der Waals surface area contributed by atoms with Gasteiger partial charge in [0.2, 0.25) is 0 Å². The molecule has 1 fully saturated rings. The molecule has 0 unspecified atom stereocenters. The second-order valence-corrected chi connectivity index (χ2v) is 9.21. The molecule has 1 atom stereocenters. The number of thiophene rings is 1. The maximum Gasteiger partial charge on any atom is 0.155 e. The van der Waals surface area contributed by atoms with Gasteiger partial charge in [0, 0.05) is 24.4 Å². The Balaban J connectivity index is 1.41. The quantitative estimate of drug-likeness (QED) is 0.469. The van der Waals surface area contributed by atoms with E-state index in [-0.39, 0.29) is 6.04 Å². The third-order valence-electron chi connectivity index (χ3n) is 6.33. The molecule has 7 heteroatoms. The predicted molar refractivity (Wildman–Crippen MR) is 120 cm³/mol. The highest BCUT2D eigenvalue weighted by atomic mass is 32.1. The molecule has 6 nitrogen and oxygen atoms in total. The molecule has 0 aliphatic carbocycles. The van der Waals surface area contributed by atoms with Crippen LogP contribution in [0.25, 0.3) is 20.7 Å². The van der Waals surface area contributed by atoms with E-state index < -0.39 is 0 Å². The largest absolute Gasteiger partial charge is 0.346 e. The molecule has 0 saturated carbocycles.